The van der Waals surface area contributed by atoms with Crippen molar-refractivity contribution in [3.63, 3.8) is 0 Å². The largest absolute Gasteiger partial charge is 0.310 e. The van der Waals surface area contributed by atoms with E-state index in [4.69, 9.17) is 5.26 Å². The van der Waals surface area contributed by atoms with Crippen molar-refractivity contribution >= 4 is 10.0 Å². The molecule has 1 rings (SSSR count). The van der Waals surface area contributed by atoms with Gasteiger partial charge < -0.3 is 5.32 Å². The van der Waals surface area contributed by atoms with Gasteiger partial charge >= 0.3 is 0 Å². The van der Waals surface area contributed by atoms with Gasteiger partial charge in [0.15, 0.2) is 0 Å². The number of nitrogens with one attached hydrogen (secondary N) is 2. The zero-order valence-electron chi connectivity index (χ0n) is 11.2. The van der Waals surface area contributed by atoms with Gasteiger partial charge in [-0.15, -0.1) is 0 Å². The fourth-order valence-electron chi connectivity index (χ4n) is 1.63. The van der Waals surface area contributed by atoms with Crippen LogP contribution < -0.4 is 10.0 Å². The van der Waals surface area contributed by atoms with Crippen LogP contribution in [-0.4, -0.2) is 27.8 Å². The summed E-state index contributed by atoms with van der Waals surface area (Å²) in [5, 5.41) is 12.0. The molecular weight excluding hydrogens is 262 g/mol. The van der Waals surface area contributed by atoms with Gasteiger partial charge in [0.05, 0.1) is 17.9 Å². The maximum Gasteiger partial charge on any atom is 0.208 e. The molecule has 0 aliphatic heterocycles. The Kier molecular flexibility index (Phi) is 5.96. The Balaban J connectivity index is 2.31. The van der Waals surface area contributed by atoms with E-state index in [1.807, 2.05) is 19.1 Å². The molecule has 6 heteroatoms. The van der Waals surface area contributed by atoms with Gasteiger partial charge in [0, 0.05) is 12.6 Å². The molecule has 19 heavy (non-hydrogen) atoms. The van der Waals surface area contributed by atoms with Crippen LogP contribution in [-0.2, 0) is 10.0 Å². The van der Waals surface area contributed by atoms with Crippen LogP contribution in [0.15, 0.2) is 24.3 Å². The lowest BCUT2D eigenvalue weighted by atomic mass is 10.1. The molecule has 1 atom stereocenters. The summed E-state index contributed by atoms with van der Waals surface area (Å²) in [6.07, 6.45) is 1.88. The first-order valence-corrected chi connectivity index (χ1v) is 7.99. The molecule has 0 spiro atoms. The van der Waals surface area contributed by atoms with Crippen molar-refractivity contribution < 1.29 is 8.42 Å². The van der Waals surface area contributed by atoms with E-state index in [1.54, 1.807) is 12.1 Å². The van der Waals surface area contributed by atoms with Crippen LogP contribution in [0.4, 0.5) is 0 Å². The molecule has 0 radical (unpaired) electrons. The van der Waals surface area contributed by atoms with Gasteiger partial charge in [-0.2, -0.15) is 5.26 Å². The first-order chi connectivity index (χ1) is 8.92. The van der Waals surface area contributed by atoms with Gasteiger partial charge in [0.2, 0.25) is 10.0 Å². The summed E-state index contributed by atoms with van der Waals surface area (Å²) in [5.41, 5.74) is 1.75. The molecule has 0 fully saturated rings. The average Bonchev–Trinajstić information content (AvgIpc) is 2.37. The van der Waals surface area contributed by atoms with Gasteiger partial charge in [-0.3, -0.25) is 0 Å². The molecule has 1 aromatic rings. The van der Waals surface area contributed by atoms with E-state index in [0.717, 1.165) is 24.8 Å². The summed E-state index contributed by atoms with van der Waals surface area (Å²) in [6, 6.07) is 9.68. The summed E-state index contributed by atoms with van der Waals surface area (Å²) in [6.45, 7) is 3.20. The number of benzene rings is 1. The predicted molar refractivity (Wildman–Crippen MR) is 75.0 cm³/mol. The van der Waals surface area contributed by atoms with Crippen LogP contribution in [0.5, 0.6) is 0 Å². The lowest BCUT2D eigenvalue weighted by Crippen LogP contribution is -2.27. The SMILES string of the molecule is CC(NCCCNS(C)(=O)=O)c1ccc(C#N)cc1. The maximum absolute atomic E-state index is 10.9. The van der Waals surface area contributed by atoms with E-state index in [0.29, 0.717) is 12.1 Å². The molecule has 0 aliphatic rings. The van der Waals surface area contributed by atoms with Gasteiger partial charge in [0.1, 0.15) is 0 Å². The third kappa shape index (κ3) is 6.34. The van der Waals surface area contributed by atoms with Crippen molar-refractivity contribution in [2.75, 3.05) is 19.3 Å². The van der Waals surface area contributed by atoms with Crippen LogP contribution in [0.1, 0.15) is 30.5 Å². The highest BCUT2D eigenvalue weighted by atomic mass is 32.2. The smallest absolute Gasteiger partial charge is 0.208 e. The van der Waals surface area contributed by atoms with Gasteiger partial charge in [-0.1, -0.05) is 12.1 Å². The second-order valence-corrected chi connectivity index (χ2v) is 6.26. The molecule has 2 N–H and O–H groups in total. The lowest BCUT2D eigenvalue weighted by molar-refractivity contribution is 0.548. The van der Waals surface area contributed by atoms with Gasteiger partial charge in [-0.25, -0.2) is 13.1 Å². The number of nitriles is 1. The van der Waals surface area contributed by atoms with Gasteiger partial charge in [-0.05, 0) is 37.6 Å². The number of sulfonamides is 1. The number of hydrogen-bond donors (Lipinski definition) is 2. The van der Waals surface area contributed by atoms with Crippen LogP contribution in [0.25, 0.3) is 0 Å². The molecular formula is C13H19N3O2S. The van der Waals surface area contributed by atoms with E-state index in [2.05, 4.69) is 16.1 Å². The average molecular weight is 281 g/mol. The maximum atomic E-state index is 10.9. The van der Waals surface area contributed by atoms with E-state index in [-0.39, 0.29) is 6.04 Å². The Morgan fingerprint density at radius 3 is 2.42 bits per heavy atom. The topological polar surface area (TPSA) is 82.0 Å². The fourth-order valence-corrected chi connectivity index (χ4v) is 2.14. The molecule has 0 saturated heterocycles. The minimum absolute atomic E-state index is 0.172. The zero-order chi connectivity index (χ0) is 14.3. The first kappa shape index (κ1) is 15.6. The highest BCUT2D eigenvalue weighted by Gasteiger charge is 2.04. The van der Waals surface area contributed by atoms with Crippen molar-refractivity contribution in [3.8, 4) is 6.07 Å². The van der Waals surface area contributed by atoms with E-state index in [9.17, 15) is 8.42 Å². The Hall–Kier alpha value is -1.42. The molecule has 0 aromatic heterocycles. The van der Waals surface area contributed by atoms with E-state index in [1.165, 1.54) is 0 Å². The normalized spacial score (nSPS) is 12.9. The molecule has 0 heterocycles. The summed E-state index contributed by atoms with van der Waals surface area (Å²) in [4.78, 5) is 0. The van der Waals surface area contributed by atoms with Gasteiger partial charge in [0.25, 0.3) is 0 Å². The Bertz CT molecular complexity index is 532. The number of nitrogens with zero attached hydrogens (tertiary/aromatic N) is 1. The third-order valence-corrected chi connectivity index (χ3v) is 3.44. The highest BCUT2D eigenvalue weighted by Crippen LogP contribution is 2.12. The predicted octanol–water partition coefficient (Wildman–Crippen LogP) is 1.15. The quantitative estimate of drug-likeness (QED) is 0.734. The second-order valence-electron chi connectivity index (χ2n) is 4.43. The Labute approximate surface area is 114 Å². The molecule has 1 aromatic carbocycles. The second kappa shape index (κ2) is 7.24. The molecule has 0 bridgehead atoms. The molecule has 0 aliphatic carbocycles. The summed E-state index contributed by atoms with van der Waals surface area (Å²) in [5.74, 6) is 0. The highest BCUT2D eigenvalue weighted by molar-refractivity contribution is 7.88. The Morgan fingerprint density at radius 2 is 1.89 bits per heavy atom. The van der Waals surface area contributed by atoms with Crippen molar-refractivity contribution in [1.29, 1.82) is 5.26 Å². The number of rotatable bonds is 7. The molecule has 0 saturated carbocycles. The molecule has 0 amide bonds. The standard InChI is InChI=1S/C13H19N3O2S/c1-11(13-6-4-12(10-14)5-7-13)15-8-3-9-16-19(2,17)18/h4-7,11,15-16H,3,8-9H2,1-2H3. The van der Waals surface area contributed by atoms with Crippen LogP contribution in [0, 0.1) is 11.3 Å². The molecule has 104 valence electrons. The lowest BCUT2D eigenvalue weighted by Gasteiger charge is -2.14. The zero-order valence-corrected chi connectivity index (χ0v) is 12.0. The van der Waals surface area contributed by atoms with Crippen LogP contribution >= 0.6 is 0 Å². The van der Waals surface area contributed by atoms with Crippen molar-refractivity contribution in [2.24, 2.45) is 0 Å². The molecule has 1 unspecified atom stereocenters. The Morgan fingerprint density at radius 1 is 1.26 bits per heavy atom. The summed E-state index contributed by atoms with van der Waals surface area (Å²) >= 11 is 0. The van der Waals surface area contributed by atoms with Crippen LogP contribution in [0.2, 0.25) is 0 Å². The monoisotopic (exact) mass is 281 g/mol. The van der Waals surface area contributed by atoms with Crippen molar-refractivity contribution in [2.45, 2.75) is 19.4 Å². The summed E-state index contributed by atoms with van der Waals surface area (Å²) < 4.78 is 24.2. The van der Waals surface area contributed by atoms with E-state index < -0.39 is 10.0 Å². The minimum atomic E-state index is -3.09. The van der Waals surface area contributed by atoms with Crippen molar-refractivity contribution in [1.82, 2.24) is 10.0 Å². The number of hydrogen-bond acceptors (Lipinski definition) is 4. The van der Waals surface area contributed by atoms with E-state index >= 15 is 0 Å². The molecule has 5 nitrogen and oxygen atoms in total. The first-order valence-electron chi connectivity index (χ1n) is 6.10. The van der Waals surface area contributed by atoms with Crippen molar-refractivity contribution in [3.05, 3.63) is 35.4 Å². The summed E-state index contributed by atoms with van der Waals surface area (Å²) in [7, 11) is -3.09. The fraction of sp³-hybridized carbons (Fsp3) is 0.462. The third-order valence-electron chi connectivity index (χ3n) is 2.71. The minimum Gasteiger partial charge on any atom is -0.310 e. The van der Waals surface area contributed by atoms with Crippen LogP contribution in [0.3, 0.4) is 0 Å².